The van der Waals surface area contributed by atoms with E-state index in [9.17, 15) is 9.59 Å². The number of nitrogens with zero attached hydrogens (tertiary/aromatic N) is 2. The van der Waals surface area contributed by atoms with Gasteiger partial charge in [0.1, 0.15) is 17.4 Å². The molecule has 0 saturated heterocycles. The molecule has 0 aliphatic carbocycles. The summed E-state index contributed by atoms with van der Waals surface area (Å²) in [5.41, 5.74) is -0.365. The smallest absolute Gasteiger partial charge is 0.328 e. The van der Waals surface area contributed by atoms with E-state index in [-0.39, 0.29) is 11.3 Å². The van der Waals surface area contributed by atoms with Crippen molar-refractivity contribution in [2.75, 3.05) is 0 Å². The number of benzene rings is 1. The minimum absolute atomic E-state index is 0.0923. The molecule has 0 fully saturated rings. The number of phenols is 1. The van der Waals surface area contributed by atoms with Crippen LogP contribution in [0, 0.1) is 11.3 Å². The van der Waals surface area contributed by atoms with E-state index in [0.717, 1.165) is 5.56 Å². The Balaban J connectivity index is 2.20. The van der Waals surface area contributed by atoms with Gasteiger partial charge in [-0.05, 0) is 24.1 Å². The van der Waals surface area contributed by atoms with Crippen LogP contribution in [-0.2, 0) is 13.0 Å². The first-order valence-corrected chi connectivity index (χ1v) is 5.62. The van der Waals surface area contributed by atoms with Gasteiger partial charge in [-0.2, -0.15) is 5.26 Å². The zero-order valence-electron chi connectivity index (χ0n) is 9.96. The predicted octanol–water partition coefficient (Wildman–Crippen LogP) is 0.357. The van der Waals surface area contributed by atoms with E-state index in [0.29, 0.717) is 13.0 Å². The molecule has 2 N–H and O–H groups in total. The van der Waals surface area contributed by atoms with Crippen molar-refractivity contribution in [3.63, 3.8) is 0 Å². The number of aromatic nitrogens is 2. The Morgan fingerprint density at radius 1 is 1.26 bits per heavy atom. The molecule has 0 saturated carbocycles. The van der Waals surface area contributed by atoms with Crippen molar-refractivity contribution in [1.82, 2.24) is 9.55 Å². The molecule has 1 aromatic heterocycles. The van der Waals surface area contributed by atoms with E-state index >= 15 is 0 Å². The molecule has 0 spiro atoms. The Labute approximate surface area is 108 Å². The zero-order valence-corrected chi connectivity index (χ0v) is 9.96. The molecule has 1 heterocycles. The molecule has 2 rings (SSSR count). The SMILES string of the molecule is N#Cc1cn(CCc2ccc(O)cc2)c(=O)[nH]c1=O. The van der Waals surface area contributed by atoms with Crippen molar-refractivity contribution in [3.8, 4) is 11.8 Å². The van der Waals surface area contributed by atoms with Gasteiger partial charge in [0, 0.05) is 12.7 Å². The quantitative estimate of drug-likeness (QED) is 0.829. The lowest BCUT2D eigenvalue weighted by atomic mass is 10.1. The third-order valence-corrected chi connectivity index (χ3v) is 2.71. The van der Waals surface area contributed by atoms with Crippen molar-refractivity contribution in [3.05, 3.63) is 62.4 Å². The van der Waals surface area contributed by atoms with Gasteiger partial charge in [0.15, 0.2) is 0 Å². The number of hydrogen-bond acceptors (Lipinski definition) is 4. The minimum atomic E-state index is -0.673. The molecule has 6 heteroatoms. The van der Waals surface area contributed by atoms with Crippen LogP contribution in [0.4, 0.5) is 0 Å². The van der Waals surface area contributed by atoms with Crippen molar-refractivity contribution in [2.45, 2.75) is 13.0 Å². The summed E-state index contributed by atoms with van der Waals surface area (Å²) in [5, 5.41) is 17.9. The molecule has 0 aliphatic heterocycles. The predicted molar refractivity (Wildman–Crippen MR) is 67.8 cm³/mol. The van der Waals surface area contributed by atoms with Gasteiger partial charge in [0.05, 0.1) is 0 Å². The van der Waals surface area contributed by atoms with Crippen LogP contribution in [0.1, 0.15) is 11.1 Å². The summed E-state index contributed by atoms with van der Waals surface area (Å²) in [4.78, 5) is 24.9. The van der Waals surface area contributed by atoms with Crippen LogP contribution in [-0.4, -0.2) is 14.7 Å². The zero-order chi connectivity index (χ0) is 13.8. The second-order valence-electron chi connectivity index (χ2n) is 4.02. The number of aromatic amines is 1. The highest BCUT2D eigenvalue weighted by Crippen LogP contribution is 2.10. The van der Waals surface area contributed by atoms with E-state index in [1.54, 1.807) is 30.3 Å². The first kappa shape index (κ1) is 12.6. The highest BCUT2D eigenvalue weighted by atomic mass is 16.3. The van der Waals surface area contributed by atoms with Gasteiger partial charge in [0.2, 0.25) is 0 Å². The van der Waals surface area contributed by atoms with E-state index in [4.69, 9.17) is 10.4 Å². The Morgan fingerprint density at radius 2 is 1.95 bits per heavy atom. The number of phenolic OH excluding ortho intramolecular Hbond substituents is 1. The van der Waals surface area contributed by atoms with Crippen LogP contribution in [0.5, 0.6) is 5.75 Å². The number of aryl methyl sites for hydroxylation is 2. The van der Waals surface area contributed by atoms with E-state index in [1.165, 1.54) is 10.8 Å². The fraction of sp³-hybridized carbons (Fsp3) is 0.154. The van der Waals surface area contributed by atoms with Gasteiger partial charge >= 0.3 is 5.69 Å². The van der Waals surface area contributed by atoms with Crippen molar-refractivity contribution in [2.24, 2.45) is 0 Å². The van der Waals surface area contributed by atoms with Gasteiger partial charge in [-0.25, -0.2) is 4.79 Å². The number of H-pyrrole nitrogens is 1. The summed E-state index contributed by atoms with van der Waals surface area (Å²) in [5.74, 6) is 0.178. The number of aromatic hydroxyl groups is 1. The topological polar surface area (TPSA) is 98.9 Å². The first-order valence-electron chi connectivity index (χ1n) is 5.62. The van der Waals surface area contributed by atoms with E-state index < -0.39 is 11.2 Å². The fourth-order valence-corrected chi connectivity index (χ4v) is 1.67. The molecule has 0 amide bonds. The third kappa shape index (κ3) is 2.90. The van der Waals surface area contributed by atoms with E-state index in [2.05, 4.69) is 4.98 Å². The van der Waals surface area contributed by atoms with Gasteiger partial charge in [-0.3, -0.25) is 14.3 Å². The third-order valence-electron chi connectivity index (χ3n) is 2.71. The molecule has 6 nitrogen and oxygen atoms in total. The number of nitrogens with one attached hydrogen (secondary N) is 1. The van der Waals surface area contributed by atoms with Crippen molar-refractivity contribution in [1.29, 1.82) is 5.26 Å². The summed E-state index contributed by atoms with van der Waals surface area (Å²) in [6.07, 6.45) is 1.80. The molecule has 0 aliphatic rings. The van der Waals surface area contributed by atoms with Crippen LogP contribution in [0.25, 0.3) is 0 Å². The van der Waals surface area contributed by atoms with Crippen molar-refractivity contribution < 1.29 is 5.11 Å². The lowest BCUT2D eigenvalue weighted by Crippen LogP contribution is -2.31. The maximum Gasteiger partial charge on any atom is 0.328 e. The average molecular weight is 257 g/mol. The minimum Gasteiger partial charge on any atom is -0.508 e. The molecule has 2 aromatic rings. The summed E-state index contributed by atoms with van der Waals surface area (Å²) >= 11 is 0. The molecule has 0 radical (unpaired) electrons. The monoisotopic (exact) mass is 257 g/mol. The number of rotatable bonds is 3. The highest BCUT2D eigenvalue weighted by Gasteiger charge is 2.04. The van der Waals surface area contributed by atoms with Crippen molar-refractivity contribution >= 4 is 0 Å². The highest BCUT2D eigenvalue weighted by molar-refractivity contribution is 5.26. The van der Waals surface area contributed by atoms with E-state index in [1.807, 2.05) is 0 Å². The largest absolute Gasteiger partial charge is 0.508 e. The van der Waals surface area contributed by atoms with Crippen LogP contribution in [0.2, 0.25) is 0 Å². The second kappa shape index (κ2) is 5.23. The summed E-state index contributed by atoms with van der Waals surface area (Å²) in [6.45, 7) is 0.342. The van der Waals surface area contributed by atoms with Crippen LogP contribution < -0.4 is 11.2 Å². The molecule has 96 valence electrons. The molecule has 0 bridgehead atoms. The molecule has 0 unspecified atom stereocenters. The van der Waals surface area contributed by atoms with Gasteiger partial charge < -0.3 is 5.11 Å². The molecular formula is C13H11N3O3. The summed E-state index contributed by atoms with van der Waals surface area (Å²) in [6, 6.07) is 8.35. The normalized spacial score (nSPS) is 10.1. The van der Waals surface area contributed by atoms with Gasteiger partial charge in [-0.15, -0.1) is 0 Å². The van der Waals surface area contributed by atoms with Crippen LogP contribution in [0.3, 0.4) is 0 Å². The first-order chi connectivity index (χ1) is 9.10. The lowest BCUT2D eigenvalue weighted by Gasteiger charge is -2.05. The maximum atomic E-state index is 11.5. The Morgan fingerprint density at radius 3 is 2.58 bits per heavy atom. The van der Waals surface area contributed by atoms with Gasteiger partial charge in [0.25, 0.3) is 5.56 Å². The van der Waals surface area contributed by atoms with Crippen LogP contribution in [0.15, 0.2) is 40.1 Å². The lowest BCUT2D eigenvalue weighted by molar-refractivity contribution is 0.475. The fourth-order valence-electron chi connectivity index (χ4n) is 1.67. The molecule has 1 aromatic carbocycles. The standard InChI is InChI=1S/C13H11N3O3/c14-7-10-8-16(13(19)15-12(10)18)6-5-9-1-3-11(17)4-2-9/h1-4,8,17H,5-6H2,(H,15,18,19). The summed E-state index contributed by atoms with van der Waals surface area (Å²) < 4.78 is 1.28. The Hall–Kier alpha value is -2.81. The Kier molecular flexibility index (Phi) is 3.48. The number of nitriles is 1. The number of hydrogen-bond donors (Lipinski definition) is 2. The molecule has 0 atom stereocenters. The summed E-state index contributed by atoms with van der Waals surface area (Å²) in [7, 11) is 0. The Bertz CT molecular complexity index is 735. The van der Waals surface area contributed by atoms with Gasteiger partial charge in [-0.1, -0.05) is 12.1 Å². The van der Waals surface area contributed by atoms with Crippen LogP contribution >= 0.6 is 0 Å². The molecular weight excluding hydrogens is 246 g/mol. The second-order valence-corrected chi connectivity index (χ2v) is 4.02. The molecule has 19 heavy (non-hydrogen) atoms. The maximum absolute atomic E-state index is 11.5. The average Bonchev–Trinajstić information content (AvgIpc) is 2.40.